The lowest BCUT2D eigenvalue weighted by molar-refractivity contribution is -0.385. The first-order chi connectivity index (χ1) is 32.3. The predicted molar refractivity (Wildman–Crippen MR) is 237 cm³/mol. The Balaban J connectivity index is 1.00. The maximum Gasteiger partial charge on any atom is 0.311 e. The van der Waals surface area contributed by atoms with Crippen LogP contribution in [0.4, 0.5) is 0 Å². The normalized spacial score (nSPS) is 52.8. The summed E-state index contributed by atoms with van der Waals surface area (Å²) in [6, 6.07) is 0. The van der Waals surface area contributed by atoms with E-state index in [1.165, 1.54) is 12.7 Å². The van der Waals surface area contributed by atoms with Crippen LogP contribution in [0.5, 0.6) is 0 Å². The van der Waals surface area contributed by atoms with Gasteiger partial charge in [-0.15, -0.1) is 0 Å². The molecule has 0 aromatic rings. The number of ether oxygens (including phenoxy) is 7. The molecule has 11 N–H and O–H groups in total. The van der Waals surface area contributed by atoms with E-state index in [1.54, 1.807) is 0 Å². The number of aliphatic hydroxyl groups is 10. The molecule has 8 aliphatic rings. The summed E-state index contributed by atoms with van der Waals surface area (Å²) in [5.41, 5.74) is -1.75. The van der Waals surface area contributed by atoms with Crippen LogP contribution in [0.2, 0.25) is 0 Å². The van der Waals surface area contributed by atoms with Crippen molar-refractivity contribution in [2.45, 2.75) is 204 Å². The van der Waals surface area contributed by atoms with Crippen molar-refractivity contribution in [2.75, 3.05) is 26.9 Å². The van der Waals surface area contributed by atoms with Crippen LogP contribution in [0.15, 0.2) is 11.6 Å². The van der Waals surface area contributed by atoms with Gasteiger partial charge in [0.25, 0.3) is 0 Å². The number of methoxy groups -OCH3 is 1. The Morgan fingerprint density at radius 3 is 1.68 bits per heavy atom. The highest BCUT2D eigenvalue weighted by Crippen LogP contribution is 2.76. The van der Waals surface area contributed by atoms with Crippen LogP contribution in [0.1, 0.15) is 106 Å². The third kappa shape index (κ3) is 8.26. The summed E-state index contributed by atoms with van der Waals surface area (Å²) < 4.78 is 40.9. The minimum Gasteiger partial charge on any atom is -0.481 e. The molecular formula is C49H78O20. The van der Waals surface area contributed by atoms with Crippen LogP contribution in [-0.4, -0.2) is 193 Å². The first-order valence-electron chi connectivity index (χ1n) is 24.9. The largest absolute Gasteiger partial charge is 0.481 e. The molecule has 8 rings (SSSR count). The Bertz CT molecular complexity index is 1920. The zero-order chi connectivity index (χ0) is 50.6. The van der Waals surface area contributed by atoms with Gasteiger partial charge in [0.05, 0.1) is 43.9 Å². The minimum absolute atomic E-state index is 0.125. The van der Waals surface area contributed by atoms with Gasteiger partial charge in [-0.25, -0.2) is 0 Å². The number of carbonyl (C=O) groups is 2. The fourth-order valence-corrected chi connectivity index (χ4v) is 15.4. The summed E-state index contributed by atoms with van der Waals surface area (Å²) in [6.45, 7) is 11.0. The molecule has 5 aliphatic carbocycles. The average molecular weight is 987 g/mol. The fourth-order valence-electron chi connectivity index (χ4n) is 15.4. The van der Waals surface area contributed by atoms with Crippen LogP contribution in [-0.2, 0) is 42.7 Å². The van der Waals surface area contributed by atoms with Crippen molar-refractivity contribution in [3.63, 3.8) is 0 Å². The van der Waals surface area contributed by atoms with Crippen molar-refractivity contribution in [1.82, 2.24) is 0 Å². The number of carbonyl (C=O) groups excluding carboxylic acids is 1. The summed E-state index contributed by atoms with van der Waals surface area (Å²) >= 11 is 0. The highest BCUT2D eigenvalue weighted by molar-refractivity contribution is 5.80. The zero-order valence-corrected chi connectivity index (χ0v) is 40.8. The second-order valence-corrected chi connectivity index (χ2v) is 23.4. The van der Waals surface area contributed by atoms with Crippen molar-refractivity contribution in [3.05, 3.63) is 11.6 Å². The van der Waals surface area contributed by atoms with Crippen LogP contribution in [0.25, 0.3) is 0 Å². The van der Waals surface area contributed by atoms with E-state index in [-0.39, 0.29) is 40.0 Å². The molecule has 20 nitrogen and oxygen atoms in total. The van der Waals surface area contributed by atoms with E-state index in [2.05, 4.69) is 40.7 Å². The van der Waals surface area contributed by atoms with Crippen molar-refractivity contribution in [3.8, 4) is 0 Å². The Morgan fingerprint density at radius 1 is 0.623 bits per heavy atom. The summed E-state index contributed by atoms with van der Waals surface area (Å²) in [4.78, 5) is 26.4. The van der Waals surface area contributed by atoms with E-state index >= 15 is 0 Å². The van der Waals surface area contributed by atoms with E-state index in [1.807, 2.05) is 6.92 Å². The number of fused-ring (bicyclic) bond motifs is 7. The number of allylic oxidation sites excluding steroid dienone is 2. The van der Waals surface area contributed by atoms with Gasteiger partial charge >= 0.3 is 11.9 Å². The molecule has 0 radical (unpaired) electrons. The lowest BCUT2D eigenvalue weighted by Crippen LogP contribution is -2.67. The fraction of sp³-hybridized carbons (Fsp3) is 0.918. The molecule has 0 aromatic heterocycles. The van der Waals surface area contributed by atoms with Gasteiger partial charge in [0.1, 0.15) is 73.2 Å². The maximum atomic E-state index is 13.2. The van der Waals surface area contributed by atoms with E-state index in [4.69, 9.17) is 33.2 Å². The topological polar surface area (TPSA) is 321 Å². The molecule has 69 heavy (non-hydrogen) atoms. The smallest absolute Gasteiger partial charge is 0.311 e. The van der Waals surface area contributed by atoms with Gasteiger partial charge in [-0.3, -0.25) is 9.59 Å². The first kappa shape index (κ1) is 53.3. The van der Waals surface area contributed by atoms with E-state index in [9.17, 15) is 65.8 Å². The second kappa shape index (κ2) is 19.1. The summed E-state index contributed by atoms with van der Waals surface area (Å²) in [5, 5.41) is 118. The van der Waals surface area contributed by atoms with Crippen LogP contribution >= 0.6 is 0 Å². The number of rotatable bonds is 11. The molecule has 20 heteroatoms. The van der Waals surface area contributed by atoms with Gasteiger partial charge in [-0.05, 0) is 111 Å². The molecule has 0 bridgehead atoms. The van der Waals surface area contributed by atoms with Crippen LogP contribution in [0, 0.1) is 50.2 Å². The summed E-state index contributed by atoms with van der Waals surface area (Å²) in [7, 11) is 1.39. The van der Waals surface area contributed by atoms with Crippen LogP contribution in [0.3, 0.4) is 0 Å². The van der Waals surface area contributed by atoms with Gasteiger partial charge in [-0.2, -0.15) is 0 Å². The quantitative estimate of drug-likeness (QED) is 0.0729. The number of hydrogen-bond acceptors (Lipinski definition) is 19. The molecule has 7 fully saturated rings. The van der Waals surface area contributed by atoms with Gasteiger partial charge < -0.3 is 89.3 Å². The Hall–Kier alpha value is -1.96. The highest BCUT2D eigenvalue weighted by atomic mass is 16.8. The number of carboxylic acids is 1. The number of aliphatic carboxylic acids is 1. The molecule has 0 spiro atoms. The van der Waals surface area contributed by atoms with Gasteiger partial charge in [0.2, 0.25) is 0 Å². The summed E-state index contributed by atoms with van der Waals surface area (Å²) in [5.74, 6) is -1.04. The number of carboxylic acid groups (broad SMARTS) is 1. The van der Waals surface area contributed by atoms with Crippen molar-refractivity contribution in [2.24, 2.45) is 50.2 Å². The van der Waals surface area contributed by atoms with E-state index in [0.717, 1.165) is 32.1 Å². The van der Waals surface area contributed by atoms with Gasteiger partial charge in [-0.1, -0.05) is 46.3 Å². The zero-order valence-electron chi connectivity index (χ0n) is 40.8. The molecule has 4 saturated carbocycles. The average Bonchev–Trinajstić information content (AvgIpc) is 3.31. The summed E-state index contributed by atoms with van der Waals surface area (Å²) in [6.07, 6.45) is -17.2. The minimum atomic E-state index is -1.96. The molecule has 3 saturated heterocycles. The SMILES string of the molecule is COC(=O)[C@]1(C)CC[C@@]2(C(=O)O)CC[C@]3(C)C(=CC[C@H]4[C@@]5(C)CC[C@H](O[C@H]6O[C@@H](CO)[C@H](O)[C@@H](O[C@H]7O[C@@H](CO)[C@H](O)[C@@H](O[C@H]8O[C@@H](CO)[C@H](O)[C@@H](O)[C@@H]8O)[C@@H]7O)[C@@H]6O)C(C)(C)[C@@H]5CC[C@]43C)[C@H]2C1. The maximum absolute atomic E-state index is 13.2. The predicted octanol–water partition coefficient (Wildman–Crippen LogP) is -0.141. The standard InChI is InChI=1S/C49H78O20/c1-44(2)27-10-13-48(6)28(9-8-22-23-18-45(3,43(62)63-7)14-16-49(23,42(60)61)17-15-47(22,48)5)46(27,4)12-11-29(44)67-40-35(58)37(31(54)25(20-51)65-40)69-41-36(59)38(32(55)26(21-52)66-41)68-39-34(57)33(56)30(53)24(19-50)64-39/h8,23-41,50-59H,9-21H2,1-7H3,(H,60,61)/t23-,24+,25+,26+,27+,28+,29+,30+,31+,32+,33-,34+,35+,36+,37-,38-,39-,40-,41-,45-,46+,47-,48-,49-/m1/s1. The molecule has 24 atom stereocenters. The lowest BCUT2D eigenvalue weighted by Gasteiger charge is -2.71. The Labute approximate surface area is 402 Å². The second-order valence-electron chi connectivity index (χ2n) is 23.4. The van der Waals surface area contributed by atoms with E-state index in [0.29, 0.717) is 32.1 Å². The van der Waals surface area contributed by atoms with Gasteiger partial charge in [0.15, 0.2) is 18.9 Å². The van der Waals surface area contributed by atoms with Gasteiger partial charge in [0, 0.05) is 0 Å². The van der Waals surface area contributed by atoms with Crippen molar-refractivity contribution >= 4 is 11.9 Å². The molecule has 0 unspecified atom stereocenters. The molecule has 394 valence electrons. The monoisotopic (exact) mass is 987 g/mol. The molecule has 0 amide bonds. The van der Waals surface area contributed by atoms with Crippen molar-refractivity contribution < 1.29 is 98.9 Å². The first-order valence-corrected chi connectivity index (χ1v) is 24.9. The Morgan fingerprint density at radius 2 is 1.14 bits per heavy atom. The third-order valence-corrected chi connectivity index (χ3v) is 19.8. The Kier molecular flexibility index (Phi) is 14.7. The molecular weight excluding hydrogens is 909 g/mol. The number of esters is 1. The molecule has 0 aromatic carbocycles. The number of hydrogen-bond donors (Lipinski definition) is 11. The lowest BCUT2D eigenvalue weighted by atomic mass is 9.33. The van der Waals surface area contributed by atoms with Crippen molar-refractivity contribution in [1.29, 1.82) is 0 Å². The number of aliphatic hydroxyl groups excluding tert-OH is 10. The highest BCUT2D eigenvalue weighted by Gasteiger charge is 2.70. The molecule has 3 heterocycles. The van der Waals surface area contributed by atoms with E-state index < -0.39 is 140 Å². The van der Waals surface area contributed by atoms with Crippen LogP contribution < -0.4 is 0 Å². The molecule has 3 aliphatic heterocycles. The third-order valence-electron chi connectivity index (χ3n) is 19.8.